The van der Waals surface area contributed by atoms with Gasteiger partial charge in [-0.15, -0.1) is 0 Å². The molecule has 0 fully saturated rings. The summed E-state index contributed by atoms with van der Waals surface area (Å²) < 4.78 is 17.5. The lowest BCUT2D eigenvalue weighted by Crippen LogP contribution is -2.20. The maximum atomic E-state index is 12.7. The van der Waals surface area contributed by atoms with Crippen molar-refractivity contribution in [2.75, 3.05) is 6.61 Å². The number of carbonyl (C=O) groups excluding carboxylic acids is 1. The van der Waals surface area contributed by atoms with Crippen LogP contribution in [0.25, 0.3) is 0 Å². The van der Waals surface area contributed by atoms with Crippen molar-refractivity contribution in [1.82, 2.24) is 0 Å². The first-order valence-corrected chi connectivity index (χ1v) is 4.92. The third-order valence-corrected chi connectivity index (χ3v) is 1.87. The molecule has 78 valence electrons. The summed E-state index contributed by atoms with van der Waals surface area (Å²) in [6.45, 7) is 5.59. The number of rotatable bonds is 6. The molecule has 0 aromatic carbocycles. The van der Waals surface area contributed by atoms with E-state index in [1.165, 1.54) is 6.92 Å². The van der Waals surface area contributed by atoms with Crippen molar-refractivity contribution in [1.29, 1.82) is 0 Å². The maximum Gasteiger partial charge on any atom is 0.309 e. The summed E-state index contributed by atoms with van der Waals surface area (Å²) in [4.78, 5) is 11.3. The molecule has 0 aromatic rings. The average molecular weight is 190 g/mol. The Kier molecular flexibility index (Phi) is 6.55. The molecule has 2 nitrogen and oxygen atoms in total. The molecular formula is C10H19FO2. The first kappa shape index (κ1) is 12.4. The smallest absolute Gasteiger partial charge is 0.309 e. The van der Waals surface area contributed by atoms with Gasteiger partial charge in [-0.3, -0.25) is 4.79 Å². The molecule has 2 atom stereocenters. The van der Waals surface area contributed by atoms with Crippen molar-refractivity contribution < 1.29 is 13.9 Å². The van der Waals surface area contributed by atoms with Crippen molar-refractivity contribution >= 4 is 5.97 Å². The van der Waals surface area contributed by atoms with Crippen LogP contribution in [0.4, 0.5) is 4.39 Å². The van der Waals surface area contributed by atoms with Crippen LogP contribution in [0, 0.1) is 5.92 Å². The minimum Gasteiger partial charge on any atom is -0.466 e. The lowest BCUT2D eigenvalue weighted by molar-refractivity contribution is -0.149. The molecule has 0 saturated carbocycles. The molecule has 0 aliphatic rings. The Morgan fingerprint density at radius 3 is 2.46 bits per heavy atom. The second-order valence-corrected chi connectivity index (χ2v) is 3.25. The van der Waals surface area contributed by atoms with Crippen molar-refractivity contribution in [3.05, 3.63) is 0 Å². The van der Waals surface area contributed by atoms with Gasteiger partial charge in [0.15, 0.2) is 0 Å². The van der Waals surface area contributed by atoms with Crippen LogP contribution in [0.15, 0.2) is 0 Å². The minimum absolute atomic E-state index is 0.256. The third kappa shape index (κ3) is 5.61. The summed E-state index contributed by atoms with van der Waals surface area (Å²) >= 11 is 0. The van der Waals surface area contributed by atoms with Crippen molar-refractivity contribution in [2.24, 2.45) is 5.92 Å². The number of hydrogen-bond acceptors (Lipinski definition) is 2. The normalized spacial score (nSPS) is 15.1. The van der Waals surface area contributed by atoms with Crippen LogP contribution in [0.5, 0.6) is 0 Å². The van der Waals surface area contributed by atoms with Crippen LogP contribution < -0.4 is 0 Å². The van der Waals surface area contributed by atoms with E-state index in [0.717, 1.165) is 6.42 Å². The molecule has 0 N–H and O–H groups in total. The quantitative estimate of drug-likeness (QED) is 0.602. The van der Waals surface area contributed by atoms with Crippen LogP contribution in [-0.4, -0.2) is 18.7 Å². The van der Waals surface area contributed by atoms with Crippen LogP contribution in [0.1, 0.15) is 40.0 Å². The Balaban J connectivity index is 3.98. The van der Waals surface area contributed by atoms with E-state index in [9.17, 15) is 9.18 Å². The van der Waals surface area contributed by atoms with Crippen LogP contribution in [-0.2, 0) is 9.53 Å². The predicted octanol–water partition coefficient (Wildman–Crippen LogP) is 2.71. The van der Waals surface area contributed by atoms with Gasteiger partial charge < -0.3 is 4.74 Å². The number of halogens is 1. The average Bonchev–Trinajstić information content (AvgIpc) is 2.03. The molecule has 0 amide bonds. The fourth-order valence-electron chi connectivity index (χ4n) is 1.33. The number of hydrogen-bond donors (Lipinski definition) is 0. The molecule has 3 heteroatoms. The Bertz CT molecular complexity index is 146. The van der Waals surface area contributed by atoms with Gasteiger partial charge in [-0.05, 0) is 26.7 Å². The van der Waals surface area contributed by atoms with Gasteiger partial charge in [0, 0.05) is 0 Å². The molecule has 0 aromatic heterocycles. The minimum atomic E-state index is -0.930. The van der Waals surface area contributed by atoms with Gasteiger partial charge in [-0.1, -0.05) is 13.3 Å². The molecule has 13 heavy (non-hydrogen) atoms. The summed E-state index contributed by atoms with van der Waals surface area (Å²) in [5.41, 5.74) is 0. The zero-order chi connectivity index (χ0) is 10.3. The topological polar surface area (TPSA) is 26.3 Å². The highest BCUT2D eigenvalue weighted by Crippen LogP contribution is 2.16. The van der Waals surface area contributed by atoms with Crippen LogP contribution in [0.3, 0.4) is 0 Å². The Morgan fingerprint density at radius 2 is 2.08 bits per heavy atom. The number of carbonyl (C=O) groups is 1. The molecule has 0 aliphatic carbocycles. The molecule has 0 saturated heterocycles. The third-order valence-electron chi connectivity index (χ3n) is 1.87. The van der Waals surface area contributed by atoms with E-state index < -0.39 is 6.17 Å². The highest BCUT2D eigenvalue weighted by Gasteiger charge is 2.20. The zero-order valence-corrected chi connectivity index (χ0v) is 8.68. The summed E-state index contributed by atoms with van der Waals surface area (Å²) in [6, 6.07) is 0. The molecule has 0 rings (SSSR count). The summed E-state index contributed by atoms with van der Waals surface area (Å²) in [5.74, 6) is -0.515. The van der Waals surface area contributed by atoms with E-state index in [-0.39, 0.29) is 18.3 Å². The van der Waals surface area contributed by atoms with Gasteiger partial charge in [0.05, 0.1) is 18.7 Å². The highest BCUT2D eigenvalue weighted by atomic mass is 19.1. The van der Waals surface area contributed by atoms with E-state index >= 15 is 0 Å². The molecule has 0 aliphatic heterocycles. The highest BCUT2D eigenvalue weighted by molar-refractivity contribution is 5.72. The van der Waals surface area contributed by atoms with E-state index in [0.29, 0.717) is 13.0 Å². The second kappa shape index (κ2) is 6.87. The van der Waals surface area contributed by atoms with Crippen LogP contribution >= 0.6 is 0 Å². The fourth-order valence-corrected chi connectivity index (χ4v) is 1.33. The van der Waals surface area contributed by atoms with Crippen molar-refractivity contribution in [2.45, 2.75) is 46.2 Å². The number of ether oxygens (including phenoxy) is 1. The first-order chi connectivity index (χ1) is 6.11. The van der Waals surface area contributed by atoms with Gasteiger partial charge in [0.2, 0.25) is 0 Å². The Labute approximate surface area is 79.5 Å². The van der Waals surface area contributed by atoms with E-state index in [2.05, 4.69) is 0 Å². The van der Waals surface area contributed by atoms with Gasteiger partial charge >= 0.3 is 5.97 Å². The fraction of sp³-hybridized carbons (Fsp3) is 0.900. The van der Waals surface area contributed by atoms with E-state index in [1.807, 2.05) is 6.92 Å². The molecule has 0 radical (unpaired) electrons. The largest absolute Gasteiger partial charge is 0.466 e. The molecule has 0 spiro atoms. The monoisotopic (exact) mass is 190 g/mol. The van der Waals surface area contributed by atoms with Gasteiger partial charge in [-0.2, -0.15) is 0 Å². The first-order valence-electron chi connectivity index (χ1n) is 4.92. The summed E-state index contributed by atoms with van der Waals surface area (Å²) in [5, 5.41) is 0. The van der Waals surface area contributed by atoms with Crippen molar-refractivity contribution in [3.8, 4) is 0 Å². The van der Waals surface area contributed by atoms with Gasteiger partial charge in [0.25, 0.3) is 0 Å². The van der Waals surface area contributed by atoms with E-state index in [1.54, 1.807) is 6.92 Å². The Morgan fingerprint density at radius 1 is 1.46 bits per heavy atom. The molecule has 0 heterocycles. The molecule has 2 unspecified atom stereocenters. The summed E-state index contributed by atoms with van der Waals surface area (Å²) in [7, 11) is 0. The summed E-state index contributed by atoms with van der Waals surface area (Å²) in [6.07, 6.45) is 0.955. The van der Waals surface area contributed by atoms with Crippen LogP contribution in [0.2, 0.25) is 0 Å². The number of esters is 1. The zero-order valence-electron chi connectivity index (χ0n) is 8.68. The second-order valence-electron chi connectivity index (χ2n) is 3.25. The maximum absolute atomic E-state index is 12.7. The van der Waals surface area contributed by atoms with Crippen molar-refractivity contribution in [3.63, 3.8) is 0 Å². The van der Waals surface area contributed by atoms with Gasteiger partial charge in [-0.25, -0.2) is 4.39 Å². The standard InChI is InChI=1S/C10H19FO2/c1-4-6-9(7-8(3)11)10(12)13-5-2/h8-9H,4-7H2,1-3H3. The van der Waals surface area contributed by atoms with E-state index in [4.69, 9.17) is 4.74 Å². The lowest BCUT2D eigenvalue weighted by atomic mass is 9.98. The predicted molar refractivity (Wildman–Crippen MR) is 50.2 cm³/mol. The molecule has 0 bridgehead atoms. The Hall–Kier alpha value is -0.600. The van der Waals surface area contributed by atoms with Gasteiger partial charge in [0.1, 0.15) is 0 Å². The number of alkyl halides is 1. The SMILES string of the molecule is CCCC(CC(C)F)C(=O)OCC. The molecular weight excluding hydrogens is 171 g/mol. The lowest BCUT2D eigenvalue weighted by Gasteiger charge is -2.14.